The van der Waals surface area contributed by atoms with Crippen LogP contribution in [0, 0.1) is 5.92 Å². The van der Waals surface area contributed by atoms with Crippen LogP contribution in [0.5, 0.6) is 0 Å². The van der Waals surface area contributed by atoms with Gasteiger partial charge in [0.1, 0.15) is 0 Å². The zero-order valence-electron chi connectivity index (χ0n) is 14.0. The van der Waals surface area contributed by atoms with Crippen LogP contribution in [0.1, 0.15) is 38.5 Å². The van der Waals surface area contributed by atoms with E-state index in [1.807, 2.05) is 17.5 Å². The number of carbonyl (C=O) groups is 1. The molecule has 0 aromatic carbocycles. The summed E-state index contributed by atoms with van der Waals surface area (Å²) in [5, 5.41) is 9.28. The number of hydrogen-bond donors (Lipinski definition) is 1. The van der Waals surface area contributed by atoms with Crippen LogP contribution in [0.3, 0.4) is 0 Å². The lowest BCUT2D eigenvalue weighted by atomic mass is 9.87. The Morgan fingerprint density at radius 1 is 1.38 bits per heavy atom. The molecule has 0 spiro atoms. The third kappa shape index (κ3) is 3.95. The predicted molar refractivity (Wildman–Crippen MR) is 95.0 cm³/mol. The molecular weight excluding hydrogens is 324 g/mol. The molecule has 130 valence electrons. The van der Waals surface area contributed by atoms with Crippen molar-refractivity contribution in [2.24, 2.45) is 13.0 Å². The van der Waals surface area contributed by atoms with E-state index in [2.05, 4.69) is 10.4 Å². The second-order valence-electron chi connectivity index (χ2n) is 6.42. The molecule has 0 aliphatic heterocycles. The molecule has 1 N–H and O–H groups in total. The Hall–Kier alpha value is -1.89. The fraction of sp³-hybridized carbons (Fsp3) is 0.588. The number of nitrogens with one attached hydrogen (secondary N) is 1. The molecule has 6 nitrogen and oxygen atoms in total. The van der Waals surface area contributed by atoms with Crippen LogP contribution in [0.2, 0.25) is 0 Å². The molecule has 1 aliphatic carbocycles. The highest BCUT2D eigenvalue weighted by Gasteiger charge is 2.17. The van der Waals surface area contributed by atoms with Crippen molar-refractivity contribution in [2.45, 2.75) is 45.1 Å². The van der Waals surface area contributed by atoms with Crippen molar-refractivity contribution >= 4 is 17.2 Å². The van der Waals surface area contributed by atoms with E-state index in [-0.39, 0.29) is 11.6 Å². The number of nitrogens with zero attached hydrogens (tertiary/aromatic N) is 3. The van der Waals surface area contributed by atoms with Crippen molar-refractivity contribution in [1.29, 1.82) is 0 Å². The van der Waals surface area contributed by atoms with Crippen molar-refractivity contribution in [2.75, 3.05) is 6.54 Å². The SMILES string of the molecule is Cn1c(-c2cccs2)nn(CCNC(=O)CC2CCCCC2)c1=O. The summed E-state index contributed by atoms with van der Waals surface area (Å²) in [6.45, 7) is 0.834. The van der Waals surface area contributed by atoms with Gasteiger partial charge in [0.25, 0.3) is 0 Å². The molecule has 1 amide bonds. The van der Waals surface area contributed by atoms with Gasteiger partial charge in [-0.3, -0.25) is 9.36 Å². The third-order valence-corrected chi connectivity index (χ3v) is 5.49. The third-order valence-electron chi connectivity index (χ3n) is 4.63. The molecule has 0 radical (unpaired) electrons. The maximum atomic E-state index is 12.2. The first-order chi connectivity index (χ1) is 11.6. The van der Waals surface area contributed by atoms with Crippen LogP contribution < -0.4 is 11.0 Å². The van der Waals surface area contributed by atoms with Gasteiger partial charge in [-0.25, -0.2) is 9.48 Å². The minimum Gasteiger partial charge on any atom is -0.354 e. The molecule has 2 heterocycles. The number of amides is 1. The molecule has 2 aromatic rings. The summed E-state index contributed by atoms with van der Waals surface area (Å²) >= 11 is 1.56. The van der Waals surface area contributed by atoms with Crippen LogP contribution >= 0.6 is 11.3 Å². The van der Waals surface area contributed by atoms with Crippen molar-refractivity contribution in [3.05, 3.63) is 28.0 Å². The van der Waals surface area contributed by atoms with Crippen LogP contribution in [-0.4, -0.2) is 26.8 Å². The van der Waals surface area contributed by atoms with Gasteiger partial charge in [0.15, 0.2) is 5.82 Å². The van der Waals surface area contributed by atoms with E-state index in [0.717, 1.165) is 17.7 Å². The zero-order valence-corrected chi connectivity index (χ0v) is 14.8. The molecule has 1 aliphatic rings. The monoisotopic (exact) mass is 348 g/mol. The van der Waals surface area contributed by atoms with E-state index in [1.165, 1.54) is 23.9 Å². The quantitative estimate of drug-likeness (QED) is 0.871. The highest BCUT2D eigenvalue weighted by atomic mass is 32.1. The molecule has 0 saturated heterocycles. The molecule has 7 heteroatoms. The number of aromatic nitrogens is 3. The van der Waals surface area contributed by atoms with Gasteiger partial charge in [-0.1, -0.05) is 25.3 Å². The number of hydrogen-bond acceptors (Lipinski definition) is 4. The van der Waals surface area contributed by atoms with Gasteiger partial charge in [-0.15, -0.1) is 16.4 Å². The molecule has 0 atom stereocenters. The Morgan fingerprint density at radius 3 is 2.88 bits per heavy atom. The lowest BCUT2D eigenvalue weighted by Gasteiger charge is -2.20. The van der Waals surface area contributed by atoms with Crippen LogP contribution in [0.4, 0.5) is 0 Å². The maximum Gasteiger partial charge on any atom is 0.346 e. The molecule has 1 fully saturated rings. The van der Waals surface area contributed by atoms with Crippen molar-refractivity contribution in [1.82, 2.24) is 19.7 Å². The second-order valence-corrected chi connectivity index (χ2v) is 7.37. The van der Waals surface area contributed by atoms with Crippen molar-refractivity contribution < 1.29 is 4.79 Å². The summed E-state index contributed by atoms with van der Waals surface area (Å²) in [6.07, 6.45) is 6.72. The number of rotatable bonds is 6. The molecule has 3 rings (SSSR count). The van der Waals surface area contributed by atoms with Gasteiger partial charge >= 0.3 is 5.69 Å². The average molecular weight is 348 g/mol. The van der Waals surface area contributed by atoms with E-state index < -0.39 is 0 Å². The average Bonchev–Trinajstić information content (AvgIpc) is 3.20. The molecular formula is C17H24N4O2S. The predicted octanol–water partition coefficient (Wildman–Crippen LogP) is 2.40. The summed E-state index contributed by atoms with van der Waals surface area (Å²) < 4.78 is 2.98. The number of thiophene rings is 1. The highest BCUT2D eigenvalue weighted by Crippen LogP contribution is 2.26. The van der Waals surface area contributed by atoms with Gasteiger partial charge in [0.2, 0.25) is 5.91 Å². The molecule has 0 bridgehead atoms. The largest absolute Gasteiger partial charge is 0.354 e. The van der Waals surface area contributed by atoms with Crippen LogP contribution in [-0.2, 0) is 18.4 Å². The maximum absolute atomic E-state index is 12.2. The van der Waals surface area contributed by atoms with E-state index in [1.54, 1.807) is 23.0 Å². The van der Waals surface area contributed by atoms with Gasteiger partial charge < -0.3 is 5.32 Å². The van der Waals surface area contributed by atoms with Gasteiger partial charge in [-0.2, -0.15) is 0 Å². The minimum atomic E-state index is -0.153. The van der Waals surface area contributed by atoms with Crippen molar-refractivity contribution in [3.8, 4) is 10.7 Å². The highest BCUT2D eigenvalue weighted by molar-refractivity contribution is 7.13. The Balaban J connectivity index is 1.52. The van der Waals surface area contributed by atoms with Crippen LogP contribution in [0.25, 0.3) is 10.7 Å². The van der Waals surface area contributed by atoms with Gasteiger partial charge in [0, 0.05) is 20.0 Å². The molecule has 1 saturated carbocycles. The second kappa shape index (κ2) is 7.79. The van der Waals surface area contributed by atoms with E-state index in [9.17, 15) is 9.59 Å². The Labute approximate surface area is 145 Å². The minimum absolute atomic E-state index is 0.0874. The summed E-state index contributed by atoms with van der Waals surface area (Å²) in [6, 6.07) is 3.89. The zero-order chi connectivity index (χ0) is 16.9. The van der Waals surface area contributed by atoms with E-state index in [4.69, 9.17) is 0 Å². The molecule has 24 heavy (non-hydrogen) atoms. The fourth-order valence-corrected chi connectivity index (χ4v) is 4.02. The Morgan fingerprint density at radius 2 is 2.17 bits per heavy atom. The summed E-state index contributed by atoms with van der Waals surface area (Å²) in [5.74, 6) is 1.29. The first-order valence-corrected chi connectivity index (χ1v) is 9.47. The standard InChI is InChI=1S/C17H24N4O2S/c1-20-16(14-8-5-11-24-14)19-21(17(20)23)10-9-18-15(22)12-13-6-3-2-4-7-13/h5,8,11,13H,2-4,6-7,9-10,12H2,1H3,(H,18,22). The normalized spacial score (nSPS) is 15.5. The first-order valence-electron chi connectivity index (χ1n) is 8.59. The summed E-state index contributed by atoms with van der Waals surface area (Å²) in [5.41, 5.74) is -0.153. The van der Waals surface area contributed by atoms with E-state index in [0.29, 0.717) is 31.3 Å². The lowest BCUT2D eigenvalue weighted by molar-refractivity contribution is -0.122. The fourth-order valence-electron chi connectivity index (χ4n) is 3.28. The van der Waals surface area contributed by atoms with Crippen molar-refractivity contribution in [3.63, 3.8) is 0 Å². The Kier molecular flexibility index (Phi) is 5.50. The molecule has 2 aromatic heterocycles. The smallest absolute Gasteiger partial charge is 0.346 e. The Bertz CT molecular complexity index is 726. The van der Waals surface area contributed by atoms with E-state index >= 15 is 0 Å². The van der Waals surface area contributed by atoms with Crippen LogP contribution in [0.15, 0.2) is 22.3 Å². The summed E-state index contributed by atoms with van der Waals surface area (Å²) in [4.78, 5) is 25.2. The lowest BCUT2D eigenvalue weighted by Crippen LogP contribution is -2.32. The first kappa shape index (κ1) is 17.0. The number of carbonyl (C=O) groups excluding carboxylic acids is 1. The molecule has 0 unspecified atom stereocenters. The van der Waals surface area contributed by atoms with Gasteiger partial charge in [-0.05, 0) is 30.2 Å². The summed E-state index contributed by atoms with van der Waals surface area (Å²) in [7, 11) is 1.72. The topological polar surface area (TPSA) is 68.9 Å². The van der Waals surface area contributed by atoms with Gasteiger partial charge in [0.05, 0.1) is 11.4 Å².